The molecular weight excluding hydrogens is 330 g/mol. The molecule has 0 aliphatic rings. The highest BCUT2D eigenvalue weighted by atomic mass is 16.5. The van der Waals surface area contributed by atoms with Crippen LogP contribution in [-0.4, -0.2) is 24.1 Å². The lowest BCUT2D eigenvalue weighted by Gasteiger charge is -2.20. The Kier molecular flexibility index (Phi) is 6.03. The summed E-state index contributed by atoms with van der Waals surface area (Å²) in [6, 6.07) is 13.8. The van der Waals surface area contributed by atoms with E-state index in [0.717, 1.165) is 5.56 Å². The number of amides is 1. The van der Waals surface area contributed by atoms with E-state index in [2.05, 4.69) is 26.1 Å². The number of carboxylic acids is 1. The number of carboxylic acid groups (broad SMARTS) is 1. The van der Waals surface area contributed by atoms with Crippen LogP contribution in [0.1, 0.15) is 54.7 Å². The van der Waals surface area contributed by atoms with Crippen molar-refractivity contribution in [1.82, 2.24) is 5.32 Å². The predicted octanol–water partition coefficient (Wildman–Crippen LogP) is 3.94. The molecule has 0 bridgehead atoms. The summed E-state index contributed by atoms with van der Waals surface area (Å²) < 4.78 is 5.12. The Balaban J connectivity index is 2.18. The van der Waals surface area contributed by atoms with Gasteiger partial charge in [0.05, 0.1) is 19.6 Å². The number of carbonyl (C=O) groups is 2. The van der Waals surface area contributed by atoms with Crippen LogP contribution in [0.25, 0.3) is 0 Å². The van der Waals surface area contributed by atoms with E-state index in [0.29, 0.717) is 16.9 Å². The van der Waals surface area contributed by atoms with Gasteiger partial charge < -0.3 is 15.2 Å². The Hall–Kier alpha value is -2.82. The lowest BCUT2D eigenvalue weighted by molar-refractivity contribution is -0.137. The number of hydrogen-bond donors (Lipinski definition) is 2. The molecule has 1 amide bonds. The van der Waals surface area contributed by atoms with Gasteiger partial charge >= 0.3 is 5.97 Å². The van der Waals surface area contributed by atoms with E-state index in [1.54, 1.807) is 43.5 Å². The normalized spacial score (nSPS) is 12.3. The van der Waals surface area contributed by atoms with Gasteiger partial charge in [0.25, 0.3) is 5.91 Å². The average molecular weight is 355 g/mol. The first-order chi connectivity index (χ1) is 12.2. The van der Waals surface area contributed by atoms with Crippen molar-refractivity contribution in [2.45, 2.75) is 38.6 Å². The third-order valence-electron chi connectivity index (χ3n) is 4.22. The first kappa shape index (κ1) is 19.5. The zero-order valence-electron chi connectivity index (χ0n) is 15.6. The number of methoxy groups -OCH3 is 1. The molecule has 1 unspecified atom stereocenters. The quantitative estimate of drug-likeness (QED) is 0.823. The van der Waals surface area contributed by atoms with Crippen LogP contribution in [0.15, 0.2) is 48.5 Å². The highest BCUT2D eigenvalue weighted by Gasteiger charge is 2.20. The molecule has 2 rings (SSSR count). The van der Waals surface area contributed by atoms with Gasteiger partial charge in [-0.3, -0.25) is 9.59 Å². The van der Waals surface area contributed by atoms with Gasteiger partial charge in [-0.25, -0.2) is 0 Å². The van der Waals surface area contributed by atoms with E-state index in [1.807, 2.05) is 12.1 Å². The third kappa shape index (κ3) is 5.09. The summed E-state index contributed by atoms with van der Waals surface area (Å²) >= 11 is 0. The smallest absolute Gasteiger partial charge is 0.305 e. The van der Waals surface area contributed by atoms with E-state index in [9.17, 15) is 14.7 Å². The largest absolute Gasteiger partial charge is 0.497 e. The molecule has 0 saturated carbocycles. The summed E-state index contributed by atoms with van der Waals surface area (Å²) in [5.41, 5.74) is 2.35. The van der Waals surface area contributed by atoms with Crippen LogP contribution in [0.4, 0.5) is 0 Å². The van der Waals surface area contributed by atoms with Crippen LogP contribution >= 0.6 is 0 Å². The number of carbonyl (C=O) groups excluding carboxylic acids is 1. The number of nitrogens with one attached hydrogen (secondary N) is 1. The maximum Gasteiger partial charge on any atom is 0.305 e. The zero-order valence-corrected chi connectivity index (χ0v) is 15.6. The van der Waals surface area contributed by atoms with Crippen molar-refractivity contribution in [2.75, 3.05) is 7.11 Å². The Labute approximate surface area is 154 Å². The monoisotopic (exact) mass is 355 g/mol. The van der Waals surface area contributed by atoms with Gasteiger partial charge in [0.1, 0.15) is 5.75 Å². The summed E-state index contributed by atoms with van der Waals surface area (Å²) in [7, 11) is 1.56. The van der Waals surface area contributed by atoms with Gasteiger partial charge in [-0.05, 0) is 40.8 Å². The molecule has 0 saturated heterocycles. The second-order valence-corrected chi connectivity index (χ2v) is 7.22. The summed E-state index contributed by atoms with van der Waals surface area (Å²) in [6.45, 7) is 6.32. The number of rotatable bonds is 6. The maximum absolute atomic E-state index is 12.6. The molecule has 2 aromatic rings. The van der Waals surface area contributed by atoms with Crippen LogP contribution < -0.4 is 10.1 Å². The van der Waals surface area contributed by atoms with Crippen molar-refractivity contribution in [1.29, 1.82) is 0 Å². The fourth-order valence-electron chi connectivity index (χ4n) is 2.63. The fraction of sp³-hybridized carbons (Fsp3) is 0.333. The Bertz CT molecular complexity index is 758. The van der Waals surface area contributed by atoms with Gasteiger partial charge in [0, 0.05) is 5.56 Å². The molecule has 0 aromatic heterocycles. The van der Waals surface area contributed by atoms with E-state index in [1.165, 1.54) is 0 Å². The molecular formula is C21H25NO4. The van der Waals surface area contributed by atoms with Crippen LogP contribution in [0.3, 0.4) is 0 Å². The lowest BCUT2D eigenvalue weighted by atomic mass is 9.86. The Morgan fingerprint density at radius 3 is 2.08 bits per heavy atom. The second-order valence-electron chi connectivity index (χ2n) is 7.22. The number of ether oxygens (including phenoxy) is 1. The van der Waals surface area contributed by atoms with Gasteiger partial charge in [-0.2, -0.15) is 0 Å². The van der Waals surface area contributed by atoms with Crippen molar-refractivity contribution < 1.29 is 19.4 Å². The molecule has 0 aliphatic heterocycles. The first-order valence-electron chi connectivity index (χ1n) is 8.48. The Morgan fingerprint density at radius 2 is 1.62 bits per heavy atom. The highest BCUT2D eigenvalue weighted by molar-refractivity contribution is 5.94. The van der Waals surface area contributed by atoms with Crippen molar-refractivity contribution >= 4 is 11.9 Å². The molecule has 5 heteroatoms. The molecule has 0 radical (unpaired) electrons. The van der Waals surface area contributed by atoms with Crippen LogP contribution in [0, 0.1) is 0 Å². The van der Waals surface area contributed by atoms with Gasteiger partial charge in [0.15, 0.2) is 0 Å². The van der Waals surface area contributed by atoms with Crippen molar-refractivity contribution in [3.05, 3.63) is 65.2 Å². The molecule has 0 fully saturated rings. The summed E-state index contributed by atoms with van der Waals surface area (Å²) in [5, 5.41) is 12.0. The van der Waals surface area contributed by atoms with Gasteiger partial charge in [0.2, 0.25) is 0 Å². The molecule has 0 spiro atoms. The van der Waals surface area contributed by atoms with Gasteiger partial charge in [-0.15, -0.1) is 0 Å². The van der Waals surface area contributed by atoms with Crippen LogP contribution in [0.2, 0.25) is 0 Å². The van der Waals surface area contributed by atoms with Crippen LogP contribution in [-0.2, 0) is 10.2 Å². The molecule has 26 heavy (non-hydrogen) atoms. The minimum absolute atomic E-state index is 0.00391. The van der Waals surface area contributed by atoms with Crippen LogP contribution in [0.5, 0.6) is 5.75 Å². The molecule has 0 heterocycles. The van der Waals surface area contributed by atoms with E-state index >= 15 is 0 Å². The lowest BCUT2D eigenvalue weighted by Crippen LogP contribution is -2.30. The fourth-order valence-corrected chi connectivity index (χ4v) is 2.63. The minimum Gasteiger partial charge on any atom is -0.497 e. The molecule has 2 aromatic carbocycles. The summed E-state index contributed by atoms with van der Waals surface area (Å²) in [6.07, 6.45) is -0.196. The molecule has 5 nitrogen and oxygen atoms in total. The summed E-state index contributed by atoms with van der Waals surface area (Å²) in [4.78, 5) is 23.8. The maximum atomic E-state index is 12.6. The standard InChI is InChI=1S/C21H25NO4/c1-21(2,3)16-9-5-15(6-10-16)20(25)22-18(13-19(23)24)14-7-11-17(26-4)12-8-14/h5-12,18H,13H2,1-4H3,(H,22,25)(H,23,24). The van der Waals surface area contributed by atoms with E-state index in [-0.39, 0.29) is 17.7 Å². The molecule has 138 valence electrons. The second kappa shape index (κ2) is 8.04. The number of hydrogen-bond acceptors (Lipinski definition) is 3. The predicted molar refractivity (Wildman–Crippen MR) is 101 cm³/mol. The average Bonchev–Trinajstić information content (AvgIpc) is 2.60. The van der Waals surface area contributed by atoms with Crippen molar-refractivity contribution in [3.63, 3.8) is 0 Å². The SMILES string of the molecule is COc1ccc(C(CC(=O)O)NC(=O)c2ccc(C(C)(C)C)cc2)cc1. The van der Waals surface area contributed by atoms with Crippen molar-refractivity contribution in [3.8, 4) is 5.75 Å². The topological polar surface area (TPSA) is 75.6 Å². The Morgan fingerprint density at radius 1 is 1.04 bits per heavy atom. The van der Waals surface area contributed by atoms with Crippen molar-refractivity contribution in [2.24, 2.45) is 0 Å². The number of benzene rings is 2. The van der Waals surface area contributed by atoms with E-state index < -0.39 is 12.0 Å². The molecule has 0 aliphatic carbocycles. The summed E-state index contributed by atoms with van der Waals surface area (Å²) in [5.74, 6) is -0.603. The third-order valence-corrected chi connectivity index (χ3v) is 4.22. The zero-order chi connectivity index (χ0) is 19.3. The minimum atomic E-state index is -0.978. The molecule has 1 atom stereocenters. The number of aliphatic carboxylic acids is 1. The first-order valence-corrected chi connectivity index (χ1v) is 8.48. The van der Waals surface area contributed by atoms with Gasteiger partial charge in [-0.1, -0.05) is 45.0 Å². The van der Waals surface area contributed by atoms with E-state index in [4.69, 9.17) is 4.74 Å². The highest BCUT2D eigenvalue weighted by Crippen LogP contribution is 2.23. The molecule has 2 N–H and O–H groups in total.